The van der Waals surface area contributed by atoms with Crippen LogP contribution in [0.4, 0.5) is 0 Å². The van der Waals surface area contributed by atoms with Gasteiger partial charge in [0.15, 0.2) is 0 Å². The van der Waals surface area contributed by atoms with Crippen LogP contribution in [0.25, 0.3) is 0 Å². The minimum Gasteiger partial charge on any atom is -0.342 e. The number of rotatable bonds is 7. The molecule has 3 aliphatic carbocycles. The molecule has 2 heteroatoms. The molecule has 32 heavy (non-hydrogen) atoms. The van der Waals surface area contributed by atoms with Gasteiger partial charge in [-0.05, 0) is 90.8 Å². The summed E-state index contributed by atoms with van der Waals surface area (Å²) in [4.78, 5) is 14.8. The Labute approximate surface area is 199 Å². The van der Waals surface area contributed by atoms with Gasteiger partial charge in [-0.25, -0.2) is 0 Å². The van der Waals surface area contributed by atoms with E-state index in [-0.39, 0.29) is 0 Å². The van der Waals surface area contributed by atoms with E-state index in [0.29, 0.717) is 22.8 Å². The maximum atomic E-state index is 12.6. The largest absolute Gasteiger partial charge is 0.342 e. The highest BCUT2D eigenvalue weighted by atomic mass is 16.2. The molecular weight excluding hydrogens is 390 g/mol. The first-order valence-electron chi connectivity index (χ1n) is 14.4. The monoisotopic (exact) mass is 443 g/mol. The van der Waals surface area contributed by atoms with Gasteiger partial charge in [0.05, 0.1) is 0 Å². The van der Waals surface area contributed by atoms with E-state index in [1.54, 1.807) is 0 Å². The highest BCUT2D eigenvalue weighted by Gasteiger charge is 2.63. The van der Waals surface area contributed by atoms with Gasteiger partial charge in [-0.3, -0.25) is 4.79 Å². The van der Waals surface area contributed by atoms with E-state index in [4.69, 9.17) is 0 Å². The smallest absolute Gasteiger partial charge is 0.222 e. The summed E-state index contributed by atoms with van der Waals surface area (Å²) in [5.74, 6) is 6.56. The fourth-order valence-electron chi connectivity index (χ4n) is 9.97. The Kier molecular flexibility index (Phi) is 7.11. The lowest BCUT2D eigenvalue weighted by atomic mass is 9.43. The molecule has 0 aromatic heterocycles. The Morgan fingerprint density at radius 1 is 1.00 bits per heavy atom. The summed E-state index contributed by atoms with van der Waals surface area (Å²) in [6.45, 7) is 15.0. The summed E-state index contributed by atoms with van der Waals surface area (Å²) in [6.07, 6.45) is 15.9. The van der Waals surface area contributed by atoms with E-state index >= 15 is 0 Å². The van der Waals surface area contributed by atoms with Crippen LogP contribution >= 0.6 is 0 Å². The molecule has 4 aliphatic rings. The summed E-state index contributed by atoms with van der Waals surface area (Å²) < 4.78 is 0. The normalized spacial score (nSPS) is 44.9. The molecule has 184 valence electrons. The Hall–Kier alpha value is -0.530. The van der Waals surface area contributed by atoms with Crippen LogP contribution in [-0.2, 0) is 4.79 Å². The van der Waals surface area contributed by atoms with Crippen LogP contribution in [0.5, 0.6) is 0 Å². The van der Waals surface area contributed by atoms with Crippen LogP contribution in [-0.4, -0.2) is 23.9 Å². The molecule has 4 fully saturated rings. The van der Waals surface area contributed by atoms with Gasteiger partial charge in [0.2, 0.25) is 5.91 Å². The molecule has 9 unspecified atom stereocenters. The zero-order chi connectivity index (χ0) is 23.3. The van der Waals surface area contributed by atoms with Crippen molar-refractivity contribution in [3.05, 3.63) is 0 Å². The molecule has 0 spiro atoms. The van der Waals surface area contributed by atoms with E-state index in [2.05, 4.69) is 53.5 Å². The fourth-order valence-corrected chi connectivity index (χ4v) is 9.97. The van der Waals surface area contributed by atoms with Crippen molar-refractivity contribution in [1.29, 1.82) is 0 Å². The zero-order valence-corrected chi connectivity index (χ0v) is 22.5. The predicted octanol–water partition coefficient (Wildman–Crippen LogP) is 7.95. The maximum Gasteiger partial charge on any atom is 0.222 e. The van der Waals surface area contributed by atoms with Crippen molar-refractivity contribution in [2.75, 3.05) is 7.05 Å². The number of likely N-dealkylation sites (tertiary alicyclic amines) is 1. The lowest BCUT2D eigenvalue weighted by Crippen LogP contribution is -2.63. The number of nitrogens with zero attached hydrogens (tertiary/aromatic N) is 1. The molecule has 3 saturated carbocycles. The Balaban J connectivity index is 1.57. The molecule has 0 aromatic rings. The number of hydrogen-bond acceptors (Lipinski definition) is 1. The number of carbonyl (C=O) groups excluding carboxylic acids is 1. The van der Waals surface area contributed by atoms with Crippen LogP contribution in [0, 0.1) is 52.3 Å². The first-order valence-corrected chi connectivity index (χ1v) is 14.4. The summed E-state index contributed by atoms with van der Waals surface area (Å²) in [7, 11) is 2.12. The van der Waals surface area contributed by atoms with Crippen LogP contribution < -0.4 is 0 Å². The summed E-state index contributed by atoms with van der Waals surface area (Å²) >= 11 is 0. The van der Waals surface area contributed by atoms with Crippen LogP contribution in [0.2, 0.25) is 0 Å². The Morgan fingerprint density at radius 3 is 2.41 bits per heavy atom. The molecule has 0 aromatic carbocycles. The third kappa shape index (κ3) is 3.98. The first-order chi connectivity index (χ1) is 15.1. The van der Waals surface area contributed by atoms with Crippen molar-refractivity contribution in [2.24, 2.45) is 52.3 Å². The molecule has 9 atom stereocenters. The van der Waals surface area contributed by atoms with E-state index in [1.807, 2.05) is 0 Å². The van der Waals surface area contributed by atoms with E-state index in [0.717, 1.165) is 54.3 Å². The number of fused-ring (bicyclic) bond motifs is 5. The quantitative estimate of drug-likeness (QED) is 0.391. The average molecular weight is 444 g/mol. The van der Waals surface area contributed by atoms with Gasteiger partial charge in [0, 0.05) is 19.5 Å². The zero-order valence-electron chi connectivity index (χ0n) is 22.5. The predicted molar refractivity (Wildman–Crippen MR) is 135 cm³/mol. The van der Waals surface area contributed by atoms with Gasteiger partial charge in [-0.2, -0.15) is 0 Å². The van der Waals surface area contributed by atoms with Crippen LogP contribution in [0.1, 0.15) is 119 Å². The van der Waals surface area contributed by atoms with Crippen molar-refractivity contribution in [3.63, 3.8) is 0 Å². The molecule has 0 radical (unpaired) electrons. The molecule has 2 nitrogen and oxygen atoms in total. The highest BCUT2D eigenvalue weighted by Crippen LogP contribution is 2.68. The molecule has 0 N–H and O–H groups in total. The van der Waals surface area contributed by atoms with Gasteiger partial charge in [-0.15, -0.1) is 0 Å². The third-order valence-corrected chi connectivity index (χ3v) is 11.6. The summed E-state index contributed by atoms with van der Waals surface area (Å²) in [5, 5.41) is 0. The van der Waals surface area contributed by atoms with Gasteiger partial charge >= 0.3 is 0 Å². The molecule has 1 aliphatic heterocycles. The SMILES string of the molecule is CCCC1CC2N(C)C(=O)CCC2(C)C2CCC3(C)C(C(C)CCCC(C)C)CCC3C12. The third-order valence-electron chi connectivity index (χ3n) is 11.6. The van der Waals surface area contributed by atoms with Crippen molar-refractivity contribution in [2.45, 2.75) is 125 Å². The minimum atomic E-state index is 0.347. The van der Waals surface area contributed by atoms with Gasteiger partial charge in [-0.1, -0.05) is 73.6 Å². The second-order valence-electron chi connectivity index (χ2n) is 13.6. The van der Waals surface area contributed by atoms with Crippen LogP contribution in [0.15, 0.2) is 0 Å². The van der Waals surface area contributed by atoms with Crippen molar-refractivity contribution >= 4 is 5.91 Å². The molecule has 1 heterocycles. The van der Waals surface area contributed by atoms with Crippen molar-refractivity contribution in [1.82, 2.24) is 4.90 Å². The molecule has 4 rings (SSSR count). The number of hydrogen-bond donors (Lipinski definition) is 0. The van der Waals surface area contributed by atoms with Gasteiger partial charge in [0.1, 0.15) is 0 Å². The van der Waals surface area contributed by atoms with E-state index < -0.39 is 0 Å². The number of carbonyl (C=O) groups is 1. The fraction of sp³-hybridized carbons (Fsp3) is 0.967. The van der Waals surface area contributed by atoms with Crippen molar-refractivity contribution in [3.8, 4) is 0 Å². The number of piperidine rings is 1. The topological polar surface area (TPSA) is 20.3 Å². The molecule has 0 bridgehead atoms. The lowest BCUT2D eigenvalue weighted by Gasteiger charge is -2.64. The maximum absolute atomic E-state index is 12.6. The average Bonchev–Trinajstić information content (AvgIpc) is 3.09. The highest BCUT2D eigenvalue weighted by molar-refractivity contribution is 5.77. The van der Waals surface area contributed by atoms with E-state index in [9.17, 15) is 4.79 Å². The van der Waals surface area contributed by atoms with Crippen LogP contribution in [0.3, 0.4) is 0 Å². The number of amides is 1. The van der Waals surface area contributed by atoms with E-state index in [1.165, 1.54) is 64.2 Å². The summed E-state index contributed by atoms with van der Waals surface area (Å²) in [6, 6.07) is 0.484. The minimum absolute atomic E-state index is 0.347. The molecule has 1 amide bonds. The van der Waals surface area contributed by atoms with Crippen molar-refractivity contribution < 1.29 is 4.79 Å². The summed E-state index contributed by atoms with van der Waals surface area (Å²) in [5.41, 5.74) is 0.907. The second kappa shape index (κ2) is 9.26. The first kappa shape index (κ1) is 24.6. The Morgan fingerprint density at radius 2 is 1.72 bits per heavy atom. The van der Waals surface area contributed by atoms with Gasteiger partial charge in [0.25, 0.3) is 0 Å². The Bertz CT molecular complexity index is 672. The molecule has 1 saturated heterocycles. The second-order valence-corrected chi connectivity index (χ2v) is 13.6. The van der Waals surface area contributed by atoms with Gasteiger partial charge < -0.3 is 4.90 Å². The lowest BCUT2D eigenvalue weighted by molar-refractivity contribution is -0.169. The standard InChI is InChI=1S/C30H53NO/c1-8-10-22-19-26-30(6,18-16-27(32)31(26)7)25-15-17-29(5)23(13-14-24(29)28(22)25)21(4)12-9-11-20(2)3/h20-26,28H,8-19H2,1-7H3. The molecular formula is C30H53NO.